The third-order valence-corrected chi connectivity index (χ3v) is 3.14. The minimum atomic E-state index is -0.404. The van der Waals surface area contributed by atoms with Crippen molar-refractivity contribution in [1.82, 2.24) is 5.32 Å². The molecule has 0 aromatic carbocycles. The number of rotatable bonds is 7. The largest absolute Gasteiger partial charge is 0.469 e. The van der Waals surface area contributed by atoms with Crippen LogP contribution in [0.15, 0.2) is 11.4 Å². The summed E-state index contributed by atoms with van der Waals surface area (Å²) in [5.41, 5.74) is 5.69. The number of thiophene rings is 1. The Hall–Kier alpha value is -1.40. The number of amides is 1. The first-order chi connectivity index (χ1) is 8.13. The smallest absolute Gasteiger partial charge is 0.305 e. The highest BCUT2D eigenvalue weighted by Crippen LogP contribution is 2.13. The number of methoxy groups -OCH3 is 1. The zero-order chi connectivity index (χ0) is 12.7. The standard InChI is InChI=1S/C11H16N2O3S/c1-16-10(14)3-2-4-13-6-9-5-8(7-17-9)11(12)15/h5,7,13H,2-4,6H2,1H3,(H2,12,15). The van der Waals surface area contributed by atoms with Gasteiger partial charge in [-0.1, -0.05) is 0 Å². The van der Waals surface area contributed by atoms with Crippen LogP contribution in [0.3, 0.4) is 0 Å². The van der Waals surface area contributed by atoms with E-state index in [1.165, 1.54) is 18.4 Å². The van der Waals surface area contributed by atoms with Crippen LogP contribution in [0.25, 0.3) is 0 Å². The minimum absolute atomic E-state index is 0.195. The minimum Gasteiger partial charge on any atom is -0.469 e. The van der Waals surface area contributed by atoms with Crippen molar-refractivity contribution >= 4 is 23.2 Å². The molecule has 3 N–H and O–H groups in total. The third-order valence-electron chi connectivity index (χ3n) is 2.20. The molecule has 0 saturated carbocycles. The van der Waals surface area contributed by atoms with E-state index in [0.29, 0.717) is 18.5 Å². The molecular weight excluding hydrogens is 240 g/mol. The Kier molecular flexibility index (Phi) is 5.65. The molecular formula is C11H16N2O3S. The zero-order valence-electron chi connectivity index (χ0n) is 9.69. The van der Waals surface area contributed by atoms with E-state index in [1.807, 2.05) is 0 Å². The summed E-state index contributed by atoms with van der Waals surface area (Å²) < 4.78 is 4.53. The lowest BCUT2D eigenvalue weighted by molar-refractivity contribution is -0.140. The van der Waals surface area contributed by atoms with E-state index < -0.39 is 5.91 Å². The van der Waals surface area contributed by atoms with Gasteiger partial charge in [0, 0.05) is 23.2 Å². The summed E-state index contributed by atoms with van der Waals surface area (Å²) in [6, 6.07) is 1.78. The van der Waals surface area contributed by atoms with Crippen LogP contribution < -0.4 is 11.1 Å². The Balaban J connectivity index is 2.18. The van der Waals surface area contributed by atoms with Gasteiger partial charge in [0.15, 0.2) is 0 Å². The van der Waals surface area contributed by atoms with E-state index in [2.05, 4.69) is 10.1 Å². The number of esters is 1. The molecule has 0 radical (unpaired) electrons. The van der Waals surface area contributed by atoms with E-state index in [9.17, 15) is 9.59 Å². The number of hydrogen-bond acceptors (Lipinski definition) is 5. The summed E-state index contributed by atoms with van der Waals surface area (Å²) in [7, 11) is 1.38. The molecule has 1 heterocycles. The Morgan fingerprint density at radius 1 is 1.53 bits per heavy atom. The molecule has 0 aliphatic heterocycles. The lowest BCUT2D eigenvalue weighted by Gasteiger charge is -2.02. The molecule has 0 fully saturated rings. The van der Waals surface area contributed by atoms with Gasteiger partial charge in [0.05, 0.1) is 12.7 Å². The Morgan fingerprint density at radius 3 is 2.88 bits per heavy atom. The van der Waals surface area contributed by atoms with Crippen LogP contribution in [0.4, 0.5) is 0 Å². The summed E-state index contributed by atoms with van der Waals surface area (Å²) in [6.45, 7) is 1.41. The molecule has 1 rings (SSSR count). The fourth-order valence-corrected chi connectivity index (χ4v) is 2.12. The number of carbonyl (C=O) groups is 2. The molecule has 6 heteroatoms. The molecule has 17 heavy (non-hydrogen) atoms. The molecule has 0 bridgehead atoms. The van der Waals surface area contributed by atoms with Crippen molar-refractivity contribution < 1.29 is 14.3 Å². The second-order valence-corrected chi connectivity index (χ2v) is 4.52. The summed E-state index contributed by atoms with van der Waals surface area (Å²) in [5, 5.41) is 4.93. The van der Waals surface area contributed by atoms with E-state index in [0.717, 1.165) is 17.8 Å². The van der Waals surface area contributed by atoms with Gasteiger partial charge in [-0.2, -0.15) is 0 Å². The maximum Gasteiger partial charge on any atom is 0.305 e. The Bertz CT molecular complexity index is 390. The molecule has 0 atom stereocenters. The fourth-order valence-electron chi connectivity index (χ4n) is 1.27. The highest BCUT2D eigenvalue weighted by atomic mass is 32.1. The molecule has 1 amide bonds. The van der Waals surface area contributed by atoms with Crippen LogP contribution in [-0.2, 0) is 16.1 Å². The topological polar surface area (TPSA) is 81.4 Å². The van der Waals surface area contributed by atoms with Crippen molar-refractivity contribution in [2.24, 2.45) is 5.73 Å². The summed E-state index contributed by atoms with van der Waals surface area (Å²) in [4.78, 5) is 22.7. The zero-order valence-corrected chi connectivity index (χ0v) is 10.5. The van der Waals surface area contributed by atoms with Crippen LogP contribution in [0.5, 0.6) is 0 Å². The van der Waals surface area contributed by atoms with Gasteiger partial charge in [-0.25, -0.2) is 0 Å². The SMILES string of the molecule is COC(=O)CCCNCc1cc(C(N)=O)cs1. The lowest BCUT2D eigenvalue weighted by atomic mass is 10.3. The summed E-state index contributed by atoms with van der Waals surface area (Å²) >= 11 is 1.49. The van der Waals surface area contributed by atoms with Crippen LogP contribution >= 0.6 is 11.3 Å². The number of carbonyl (C=O) groups excluding carboxylic acids is 2. The molecule has 1 aromatic rings. The van der Waals surface area contributed by atoms with Crippen molar-refractivity contribution in [3.8, 4) is 0 Å². The van der Waals surface area contributed by atoms with Crippen molar-refractivity contribution in [1.29, 1.82) is 0 Å². The predicted octanol–water partition coefficient (Wildman–Crippen LogP) is 0.890. The highest BCUT2D eigenvalue weighted by molar-refractivity contribution is 7.10. The molecule has 0 aliphatic rings. The highest BCUT2D eigenvalue weighted by Gasteiger charge is 2.04. The van der Waals surface area contributed by atoms with Crippen molar-refractivity contribution in [2.45, 2.75) is 19.4 Å². The van der Waals surface area contributed by atoms with Crippen LogP contribution in [0, 0.1) is 0 Å². The first-order valence-electron chi connectivity index (χ1n) is 5.28. The summed E-state index contributed by atoms with van der Waals surface area (Å²) in [5.74, 6) is -0.600. The van der Waals surface area contributed by atoms with Crippen molar-refractivity contribution in [3.63, 3.8) is 0 Å². The molecule has 0 unspecified atom stereocenters. The first-order valence-corrected chi connectivity index (χ1v) is 6.16. The van der Waals surface area contributed by atoms with E-state index in [4.69, 9.17) is 5.73 Å². The van der Waals surface area contributed by atoms with Gasteiger partial charge in [0.1, 0.15) is 0 Å². The number of primary amides is 1. The number of hydrogen-bond donors (Lipinski definition) is 2. The van der Waals surface area contributed by atoms with E-state index >= 15 is 0 Å². The Morgan fingerprint density at radius 2 is 2.29 bits per heavy atom. The van der Waals surface area contributed by atoms with Gasteiger partial charge in [0.25, 0.3) is 0 Å². The second kappa shape index (κ2) is 7.03. The predicted molar refractivity (Wildman–Crippen MR) is 65.8 cm³/mol. The van der Waals surface area contributed by atoms with E-state index in [1.54, 1.807) is 11.4 Å². The van der Waals surface area contributed by atoms with Gasteiger partial charge in [0.2, 0.25) is 5.91 Å². The molecule has 0 spiro atoms. The van der Waals surface area contributed by atoms with Crippen LogP contribution in [0.1, 0.15) is 28.1 Å². The van der Waals surface area contributed by atoms with Crippen molar-refractivity contribution in [3.05, 3.63) is 21.9 Å². The average Bonchev–Trinajstić information content (AvgIpc) is 2.77. The quantitative estimate of drug-likeness (QED) is 0.561. The molecule has 0 aliphatic carbocycles. The van der Waals surface area contributed by atoms with Crippen LogP contribution in [-0.4, -0.2) is 25.5 Å². The maximum absolute atomic E-state index is 10.9. The summed E-state index contributed by atoms with van der Waals surface area (Å²) in [6.07, 6.45) is 1.15. The van der Waals surface area contributed by atoms with Gasteiger partial charge >= 0.3 is 5.97 Å². The molecule has 0 saturated heterocycles. The van der Waals surface area contributed by atoms with Crippen LogP contribution in [0.2, 0.25) is 0 Å². The number of nitrogens with two attached hydrogens (primary N) is 1. The van der Waals surface area contributed by atoms with Gasteiger partial charge in [-0.15, -0.1) is 11.3 Å². The number of ether oxygens (including phenoxy) is 1. The number of nitrogens with one attached hydrogen (secondary N) is 1. The van der Waals surface area contributed by atoms with Crippen molar-refractivity contribution in [2.75, 3.05) is 13.7 Å². The molecule has 1 aromatic heterocycles. The fraction of sp³-hybridized carbons (Fsp3) is 0.455. The normalized spacial score (nSPS) is 10.2. The second-order valence-electron chi connectivity index (χ2n) is 3.52. The van der Waals surface area contributed by atoms with Gasteiger partial charge < -0.3 is 15.8 Å². The van der Waals surface area contributed by atoms with Gasteiger partial charge in [-0.3, -0.25) is 9.59 Å². The molecule has 94 valence electrons. The van der Waals surface area contributed by atoms with Gasteiger partial charge in [-0.05, 0) is 19.0 Å². The monoisotopic (exact) mass is 256 g/mol. The van der Waals surface area contributed by atoms with E-state index in [-0.39, 0.29) is 5.97 Å². The molecule has 5 nitrogen and oxygen atoms in total. The first kappa shape index (κ1) is 13.7. The third kappa shape index (κ3) is 4.97. The average molecular weight is 256 g/mol. The lowest BCUT2D eigenvalue weighted by Crippen LogP contribution is -2.15. The Labute approximate surface area is 104 Å². The maximum atomic E-state index is 10.9.